The van der Waals surface area contributed by atoms with Gasteiger partial charge in [-0.05, 0) is 49.8 Å². The Bertz CT molecular complexity index is 591. The van der Waals surface area contributed by atoms with Gasteiger partial charge in [0.1, 0.15) is 5.75 Å². The number of phenols is 1. The van der Waals surface area contributed by atoms with Gasteiger partial charge >= 0.3 is 10.2 Å². The molecule has 5 nitrogen and oxygen atoms in total. The molecule has 0 bridgehead atoms. The van der Waals surface area contributed by atoms with Gasteiger partial charge in [0.15, 0.2) is 0 Å². The highest BCUT2D eigenvalue weighted by molar-refractivity contribution is 7.90. The molecular formula is C14H22N2O3S. The molecule has 0 aliphatic carbocycles. The van der Waals surface area contributed by atoms with Gasteiger partial charge in [-0.1, -0.05) is 13.0 Å². The van der Waals surface area contributed by atoms with Crippen LogP contribution in [0.25, 0.3) is 0 Å². The van der Waals surface area contributed by atoms with Crippen molar-refractivity contribution in [3.63, 3.8) is 0 Å². The first kappa shape index (κ1) is 15.1. The number of anilines is 1. The van der Waals surface area contributed by atoms with E-state index in [0.29, 0.717) is 24.6 Å². The van der Waals surface area contributed by atoms with E-state index in [-0.39, 0.29) is 11.4 Å². The number of benzene rings is 1. The van der Waals surface area contributed by atoms with Crippen molar-refractivity contribution in [3.05, 3.63) is 23.3 Å². The van der Waals surface area contributed by atoms with Crippen molar-refractivity contribution in [2.24, 2.45) is 5.92 Å². The van der Waals surface area contributed by atoms with Crippen LogP contribution in [0.5, 0.6) is 5.75 Å². The lowest BCUT2D eigenvalue weighted by Crippen LogP contribution is -2.41. The summed E-state index contributed by atoms with van der Waals surface area (Å²) < 4.78 is 28.6. The molecule has 0 saturated carbocycles. The zero-order valence-electron chi connectivity index (χ0n) is 12.2. The van der Waals surface area contributed by atoms with Gasteiger partial charge in [0.2, 0.25) is 0 Å². The number of aromatic hydroxyl groups is 1. The molecule has 1 saturated heterocycles. The lowest BCUT2D eigenvalue weighted by molar-refractivity contribution is 0.289. The zero-order valence-corrected chi connectivity index (χ0v) is 13.0. The fourth-order valence-electron chi connectivity index (χ4n) is 2.47. The van der Waals surface area contributed by atoms with Gasteiger partial charge in [-0.2, -0.15) is 12.7 Å². The van der Waals surface area contributed by atoms with Crippen LogP contribution < -0.4 is 4.72 Å². The van der Waals surface area contributed by atoms with Gasteiger partial charge in [0.25, 0.3) is 0 Å². The first-order chi connectivity index (χ1) is 9.29. The van der Waals surface area contributed by atoms with Gasteiger partial charge in [-0.15, -0.1) is 0 Å². The molecule has 0 amide bonds. The molecule has 0 spiro atoms. The monoisotopic (exact) mass is 298 g/mol. The molecule has 0 atom stereocenters. The molecule has 1 aliphatic heterocycles. The topological polar surface area (TPSA) is 69.6 Å². The molecule has 0 radical (unpaired) electrons. The Labute approximate surface area is 120 Å². The van der Waals surface area contributed by atoms with Crippen LogP contribution in [0.3, 0.4) is 0 Å². The Morgan fingerprint density at radius 2 is 1.85 bits per heavy atom. The standard InChI is InChI=1S/C14H22N2O3S/c1-10-4-6-16(7-5-10)20(18,19)15-13-9-11(2)8-12(3)14(13)17/h8-10,15,17H,4-7H2,1-3H3. The van der Waals surface area contributed by atoms with Gasteiger partial charge in [0.05, 0.1) is 5.69 Å². The smallest absolute Gasteiger partial charge is 0.301 e. The maximum Gasteiger partial charge on any atom is 0.301 e. The van der Waals surface area contributed by atoms with E-state index < -0.39 is 10.2 Å². The Balaban J connectivity index is 2.20. The van der Waals surface area contributed by atoms with Gasteiger partial charge in [-0.3, -0.25) is 4.72 Å². The van der Waals surface area contributed by atoms with Crippen LogP contribution in [0.2, 0.25) is 0 Å². The number of piperidine rings is 1. The third-order valence-corrected chi connectivity index (χ3v) is 5.29. The largest absolute Gasteiger partial charge is 0.505 e. The number of hydrogen-bond acceptors (Lipinski definition) is 3. The van der Waals surface area contributed by atoms with Crippen molar-refractivity contribution >= 4 is 15.9 Å². The van der Waals surface area contributed by atoms with E-state index in [2.05, 4.69) is 11.6 Å². The summed E-state index contributed by atoms with van der Waals surface area (Å²) in [5.74, 6) is 0.556. The number of aryl methyl sites for hydroxylation is 2. The molecule has 112 valence electrons. The number of nitrogens with one attached hydrogen (secondary N) is 1. The summed E-state index contributed by atoms with van der Waals surface area (Å²) in [4.78, 5) is 0. The van der Waals surface area contributed by atoms with E-state index in [1.165, 1.54) is 4.31 Å². The second kappa shape index (κ2) is 5.61. The SMILES string of the molecule is Cc1cc(C)c(O)c(NS(=O)(=O)N2CCC(C)CC2)c1. The first-order valence-corrected chi connectivity index (χ1v) is 8.31. The summed E-state index contributed by atoms with van der Waals surface area (Å²) in [7, 11) is -3.59. The minimum atomic E-state index is -3.59. The maximum absolute atomic E-state index is 12.3. The van der Waals surface area contributed by atoms with Crippen molar-refractivity contribution in [2.75, 3.05) is 17.8 Å². The fraction of sp³-hybridized carbons (Fsp3) is 0.571. The summed E-state index contributed by atoms with van der Waals surface area (Å²) in [6.45, 7) is 6.81. The predicted molar refractivity (Wildman–Crippen MR) is 80.1 cm³/mol. The Morgan fingerprint density at radius 3 is 2.45 bits per heavy atom. The molecule has 20 heavy (non-hydrogen) atoms. The van der Waals surface area contributed by atoms with Crippen LogP contribution in [0.1, 0.15) is 30.9 Å². The predicted octanol–water partition coefficient (Wildman–Crippen LogP) is 2.40. The molecule has 1 aliphatic rings. The molecule has 1 fully saturated rings. The van der Waals surface area contributed by atoms with E-state index >= 15 is 0 Å². The van der Waals surface area contributed by atoms with Crippen LogP contribution >= 0.6 is 0 Å². The van der Waals surface area contributed by atoms with Gasteiger partial charge in [0, 0.05) is 13.1 Å². The highest BCUT2D eigenvalue weighted by Crippen LogP contribution is 2.30. The fourth-order valence-corrected chi connectivity index (χ4v) is 3.72. The summed E-state index contributed by atoms with van der Waals surface area (Å²) in [6.07, 6.45) is 1.75. The molecule has 0 aromatic heterocycles. The minimum Gasteiger partial charge on any atom is -0.505 e. The van der Waals surface area contributed by atoms with Crippen LogP contribution in [0.4, 0.5) is 5.69 Å². The first-order valence-electron chi connectivity index (χ1n) is 6.87. The Kier molecular flexibility index (Phi) is 4.25. The second-order valence-electron chi connectivity index (χ2n) is 5.67. The Hall–Kier alpha value is -1.27. The van der Waals surface area contributed by atoms with Gasteiger partial charge in [-0.25, -0.2) is 0 Å². The van der Waals surface area contributed by atoms with Crippen molar-refractivity contribution in [3.8, 4) is 5.75 Å². The van der Waals surface area contributed by atoms with E-state index in [4.69, 9.17) is 0 Å². The van der Waals surface area contributed by atoms with E-state index in [0.717, 1.165) is 18.4 Å². The third kappa shape index (κ3) is 3.24. The average Bonchev–Trinajstić information content (AvgIpc) is 2.35. The quantitative estimate of drug-likeness (QED) is 0.842. The highest BCUT2D eigenvalue weighted by atomic mass is 32.2. The van der Waals surface area contributed by atoms with E-state index in [1.807, 2.05) is 13.0 Å². The lowest BCUT2D eigenvalue weighted by atomic mass is 10.0. The molecule has 1 heterocycles. The molecular weight excluding hydrogens is 276 g/mol. The highest BCUT2D eigenvalue weighted by Gasteiger charge is 2.27. The summed E-state index contributed by atoms with van der Waals surface area (Å²) in [5, 5.41) is 9.98. The van der Waals surface area contributed by atoms with Crippen molar-refractivity contribution < 1.29 is 13.5 Å². The molecule has 1 aromatic carbocycles. The second-order valence-corrected chi connectivity index (χ2v) is 7.34. The van der Waals surface area contributed by atoms with Crippen molar-refractivity contribution in [2.45, 2.75) is 33.6 Å². The summed E-state index contributed by atoms with van der Waals surface area (Å²) in [5.41, 5.74) is 1.82. The Morgan fingerprint density at radius 1 is 1.25 bits per heavy atom. The lowest BCUT2D eigenvalue weighted by Gasteiger charge is -2.29. The van der Waals surface area contributed by atoms with Crippen LogP contribution in [0, 0.1) is 19.8 Å². The molecule has 2 N–H and O–H groups in total. The van der Waals surface area contributed by atoms with E-state index in [1.54, 1.807) is 13.0 Å². The zero-order chi connectivity index (χ0) is 14.9. The van der Waals surface area contributed by atoms with Crippen molar-refractivity contribution in [1.29, 1.82) is 0 Å². The van der Waals surface area contributed by atoms with Crippen molar-refractivity contribution in [1.82, 2.24) is 4.31 Å². The maximum atomic E-state index is 12.3. The summed E-state index contributed by atoms with van der Waals surface area (Å²) >= 11 is 0. The molecule has 6 heteroatoms. The minimum absolute atomic E-state index is 0.00967. The summed E-state index contributed by atoms with van der Waals surface area (Å²) in [6, 6.07) is 3.46. The molecule has 2 rings (SSSR count). The molecule has 0 unspecified atom stereocenters. The van der Waals surface area contributed by atoms with E-state index in [9.17, 15) is 13.5 Å². The molecule has 1 aromatic rings. The number of phenolic OH excluding ortho intramolecular Hbond substituents is 1. The normalized spacial score (nSPS) is 18.1. The van der Waals surface area contributed by atoms with Crippen LogP contribution in [0.15, 0.2) is 12.1 Å². The average molecular weight is 298 g/mol. The number of hydrogen-bond donors (Lipinski definition) is 2. The van der Waals surface area contributed by atoms with Crippen LogP contribution in [-0.4, -0.2) is 30.9 Å². The van der Waals surface area contributed by atoms with Crippen LogP contribution in [-0.2, 0) is 10.2 Å². The third-order valence-electron chi connectivity index (χ3n) is 3.77. The van der Waals surface area contributed by atoms with Gasteiger partial charge < -0.3 is 5.11 Å². The number of rotatable bonds is 3. The number of nitrogens with zero attached hydrogens (tertiary/aromatic N) is 1.